The van der Waals surface area contributed by atoms with Gasteiger partial charge in [-0.1, -0.05) is 47.6 Å². The number of pyridine rings is 1. The Kier molecular flexibility index (Phi) is 4.35. The van der Waals surface area contributed by atoms with Crippen molar-refractivity contribution in [2.75, 3.05) is 0 Å². The maximum absolute atomic E-state index is 4.44. The SMILES string of the molecule is CC(C)C(C)(C)CC(C)(C)Cc1ccccn1. The normalized spacial score (nSPS) is 13.1. The van der Waals surface area contributed by atoms with Crippen LogP contribution in [-0.4, -0.2) is 4.98 Å². The molecule has 0 amide bonds. The van der Waals surface area contributed by atoms with Crippen molar-refractivity contribution in [3.63, 3.8) is 0 Å². The second-order valence-corrected chi connectivity index (χ2v) is 6.98. The van der Waals surface area contributed by atoms with E-state index in [0.717, 1.165) is 6.42 Å². The monoisotopic (exact) mass is 233 g/mol. The molecule has 0 aromatic carbocycles. The molecule has 0 bridgehead atoms. The zero-order valence-electron chi connectivity index (χ0n) is 12.2. The standard InChI is InChI=1S/C16H27N/c1-13(2)16(5,6)12-15(3,4)11-14-9-7-8-10-17-14/h7-10,13H,11-12H2,1-6H3. The second-order valence-electron chi connectivity index (χ2n) is 6.98. The second kappa shape index (κ2) is 5.20. The van der Waals surface area contributed by atoms with Gasteiger partial charge in [-0.25, -0.2) is 0 Å². The smallest absolute Gasteiger partial charge is 0.0408 e. The first-order valence-corrected chi connectivity index (χ1v) is 6.63. The first-order valence-electron chi connectivity index (χ1n) is 6.63. The van der Waals surface area contributed by atoms with E-state index in [4.69, 9.17) is 0 Å². The van der Waals surface area contributed by atoms with Crippen LogP contribution < -0.4 is 0 Å². The third-order valence-corrected chi connectivity index (χ3v) is 3.88. The summed E-state index contributed by atoms with van der Waals surface area (Å²) >= 11 is 0. The Morgan fingerprint density at radius 3 is 2.24 bits per heavy atom. The minimum Gasteiger partial charge on any atom is -0.261 e. The molecule has 0 aliphatic heterocycles. The van der Waals surface area contributed by atoms with Crippen LogP contribution in [0.15, 0.2) is 24.4 Å². The van der Waals surface area contributed by atoms with E-state index in [2.05, 4.69) is 58.7 Å². The molecular weight excluding hydrogens is 206 g/mol. The molecule has 0 aliphatic rings. The molecule has 0 atom stereocenters. The molecule has 0 radical (unpaired) electrons. The Morgan fingerprint density at radius 2 is 1.76 bits per heavy atom. The van der Waals surface area contributed by atoms with E-state index in [0.29, 0.717) is 16.7 Å². The van der Waals surface area contributed by atoms with Crippen LogP contribution in [0.1, 0.15) is 53.7 Å². The molecule has 0 unspecified atom stereocenters. The predicted octanol–water partition coefficient (Wildman–Crippen LogP) is 4.72. The predicted molar refractivity (Wildman–Crippen MR) is 75.0 cm³/mol. The quantitative estimate of drug-likeness (QED) is 0.717. The number of hydrogen-bond donors (Lipinski definition) is 0. The highest BCUT2D eigenvalue weighted by molar-refractivity contribution is 5.06. The van der Waals surface area contributed by atoms with Crippen LogP contribution in [0.4, 0.5) is 0 Å². The molecule has 0 N–H and O–H groups in total. The first-order chi connectivity index (χ1) is 7.73. The summed E-state index contributed by atoms with van der Waals surface area (Å²) in [7, 11) is 0. The lowest BCUT2D eigenvalue weighted by Crippen LogP contribution is -2.29. The Morgan fingerprint density at radius 1 is 1.12 bits per heavy atom. The minimum absolute atomic E-state index is 0.308. The van der Waals surface area contributed by atoms with Crippen LogP contribution in [-0.2, 0) is 6.42 Å². The average Bonchev–Trinajstić information content (AvgIpc) is 2.16. The van der Waals surface area contributed by atoms with E-state index in [1.54, 1.807) is 0 Å². The maximum atomic E-state index is 4.44. The average molecular weight is 233 g/mol. The van der Waals surface area contributed by atoms with Gasteiger partial charge in [0.05, 0.1) is 0 Å². The fourth-order valence-corrected chi connectivity index (χ4v) is 2.49. The summed E-state index contributed by atoms with van der Waals surface area (Å²) < 4.78 is 0. The Balaban J connectivity index is 2.70. The summed E-state index contributed by atoms with van der Waals surface area (Å²) in [6, 6.07) is 6.19. The lowest BCUT2D eigenvalue weighted by Gasteiger charge is -2.37. The first kappa shape index (κ1) is 14.2. The minimum atomic E-state index is 0.308. The molecule has 96 valence electrons. The van der Waals surface area contributed by atoms with Crippen molar-refractivity contribution in [1.29, 1.82) is 0 Å². The Hall–Kier alpha value is -0.850. The van der Waals surface area contributed by atoms with Gasteiger partial charge in [0.25, 0.3) is 0 Å². The van der Waals surface area contributed by atoms with E-state index in [1.807, 2.05) is 12.3 Å². The van der Waals surface area contributed by atoms with E-state index in [1.165, 1.54) is 12.1 Å². The van der Waals surface area contributed by atoms with Crippen LogP contribution in [0.2, 0.25) is 0 Å². The molecule has 1 nitrogen and oxygen atoms in total. The molecule has 0 spiro atoms. The number of aromatic nitrogens is 1. The third kappa shape index (κ3) is 4.49. The maximum Gasteiger partial charge on any atom is 0.0408 e. The van der Waals surface area contributed by atoms with Gasteiger partial charge in [-0.3, -0.25) is 4.98 Å². The zero-order valence-corrected chi connectivity index (χ0v) is 12.2. The molecule has 0 fully saturated rings. The van der Waals surface area contributed by atoms with Gasteiger partial charge in [-0.15, -0.1) is 0 Å². The third-order valence-electron chi connectivity index (χ3n) is 3.88. The topological polar surface area (TPSA) is 12.9 Å². The highest BCUT2D eigenvalue weighted by Gasteiger charge is 2.31. The summed E-state index contributed by atoms with van der Waals surface area (Å²) in [5.74, 6) is 0.713. The van der Waals surface area contributed by atoms with Crippen LogP contribution in [0.5, 0.6) is 0 Å². The Labute approximate surface area is 107 Å². The zero-order chi connectivity index (χ0) is 13.1. The molecule has 1 heterocycles. The van der Waals surface area contributed by atoms with Crippen LogP contribution in [0.25, 0.3) is 0 Å². The van der Waals surface area contributed by atoms with Crippen LogP contribution >= 0.6 is 0 Å². The molecule has 0 saturated carbocycles. The van der Waals surface area contributed by atoms with E-state index < -0.39 is 0 Å². The molecule has 1 aromatic rings. The van der Waals surface area contributed by atoms with Gasteiger partial charge < -0.3 is 0 Å². The summed E-state index contributed by atoms with van der Waals surface area (Å²) in [4.78, 5) is 4.44. The van der Waals surface area contributed by atoms with Crippen molar-refractivity contribution in [1.82, 2.24) is 4.98 Å². The fraction of sp³-hybridized carbons (Fsp3) is 0.688. The highest BCUT2D eigenvalue weighted by Crippen LogP contribution is 2.40. The summed E-state index contributed by atoms with van der Waals surface area (Å²) in [5, 5.41) is 0. The van der Waals surface area contributed by atoms with Crippen molar-refractivity contribution < 1.29 is 0 Å². The molecule has 17 heavy (non-hydrogen) atoms. The lowest BCUT2D eigenvalue weighted by molar-refractivity contribution is 0.138. The molecule has 0 saturated heterocycles. The van der Waals surface area contributed by atoms with E-state index >= 15 is 0 Å². The molecule has 1 aromatic heterocycles. The summed E-state index contributed by atoms with van der Waals surface area (Å²) in [5.41, 5.74) is 1.90. The van der Waals surface area contributed by atoms with Crippen molar-refractivity contribution in [3.8, 4) is 0 Å². The van der Waals surface area contributed by atoms with Gasteiger partial charge in [-0.05, 0) is 41.7 Å². The van der Waals surface area contributed by atoms with Gasteiger partial charge in [0, 0.05) is 11.9 Å². The highest BCUT2D eigenvalue weighted by atomic mass is 14.7. The molecule has 1 heteroatoms. The van der Waals surface area contributed by atoms with Crippen molar-refractivity contribution in [2.45, 2.75) is 54.4 Å². The number of hydrogen-bond acceptors (Lipinski definition) is 1. The fourth-order valence-electron chi connectivity index (χ4n) is 2.49. The van der Waals surface area contributed by atoms with Gasteiger partial charge in [0.2, 0.25) is 0 Å². The van der Waals surface area contributed by atoms with Gasteiger partial charge in [0.1, 0.15) is 0 Å². The number of rotatable bonds is 5. The van der Waals surface area contributed by atoms with Crippen LogP contribution in [0, 0.1) is 16.7 Å². The van der Waals surface area contributed by atoms with Crippen LogP contribution in [0.3, 0.4) is 0 Å². The van der Waals surface area contributed by atoms with Gasteiger partial charge in [-0.2, -0.15) is 0 Å². The lowest BCUT2D eigenvalue weighted by atomic mass is 9.68. The van der Waals surface area contributed by atoms with E-state index in [9.17, 15) is 0 Å². The van der Waals surface area contributed by atoms with Crippen molar-refractivity contribution >= 4 is 0 Å². The summed E-state index contributed by atoms with van der Waals surface area (Å²) in [6.45, 7) is 14.1. The van der Waals surface area contributed by atoms with Gasteiger partial charge >= 0.3 is 0 Å². The largest absolute Gasteiger partial charge is 0.261 e. The molecule has 0 aliphatic carbocycles. The summed E-state index contributed by atoms with van der Waals surface area (Å²) in [6.07, 6.45) is 4.18. The molecule has 1 rings (SSSR count). The van der Waals surface area contributed by atoms with E-state index in [-0.39, 0.29) is 0 Å². The number of nitrogens with zero attached hydrogens (tertiary/aromatic N) is 1. The molecular formula is C16H27N. The van der Waals surface area contributed by atoms with Crippen molar-refractivity contribution in [2.24, 2.45) is 16.7 Å². The van der Waals surface area contributed by atoms with Crippen molar-refractivity contribution in [3.05, 3.63) is 30.1 Å². The van der Waals surface area contributed by atoms with Gasteiger partial charge in [0.15, 0.2) is 0 Å². The Bertz CT molecular complexity index is 336.